The number of hydrogen-bond donors (Lipinski definition) is 0. The van der Waals surface area contributed by atoms with Gasteiger partial charge in [0.2, 0.25) is 0 Å². The van der Waals surface area contributed by atoms with E-state index < -0.39 is 0 Å². The SMILES string of the molecule is CC/C=C/C=C/COC1CCC(C2CCC(CCCCCCC)CC2)CC1. The third-order valence-corrected chi connectivity index (χ3v) is 7.04. The van der Waals surface area contributed by atoms with Crippen LogP contribution in [0.25, 0.3) is 0 Å². The Hall–Kier alpha value is -0.560. The van der Waals surface area contributed by atoms with E-state index in [0.29, 0.717) is 6.10 Å². The zero-order chi connectivity index (χ0) is 19.2. The first-order valence-corrected chi connectivity index (χ1v) is 12.3. The van der Waals surface area contributed by atoms with Gasteiger partial charge in [0, 0.05) is 0 Å². The predicted molar refractivity (Wildman–Crippen MR) is 119 cm³/mol. The van der Waals surface area contributed by atoms with Crippen molar-refractivity contribution in [3.8, 4) is 0 Å². The third-order valence-electron chi connectivity index (χ3n) is 7.04. The molecule has 156 valence electrons. The van der Waals surface area contributed by atoms with Crippen molar-refractivity contribution in [1.82, 2.24) is 0 Å². The molecule has 0 aromatic rings. The predicted octanol–water partition coefficient (Wildman–Crippen LogP) is 8.25. The molecule has 0 aromatic heterocycles. The van der Waals surface area contributed by atoms with Gasteiger partial charge in [0.1, 0.15) is 0 Å². The highest BCUT2D eigenvalue weighted by atomic mass is 16.5. The van der Waals surface area contributed by atoms with Crippen molar-refractivity contribution in [3.63, 3.8) is 0 Å². The Labute approximate surface area is 170 Å². The van der Waals surface area contributed by atoms with Crippen LogP contribution >= 0.6 is 0 Å². The highest BCUT2D eigenvalue weighted by Gasteiger charge is 2.30. The second kappa shape index (κ2) is 14.4. The van der Waals surface area contributed by atoms with Gasteiger partial charge in [0.15, 0.2) is 0 Å². The maximum absolute atomic E-state index is 6.07. The molecule has 0 bridgehead atoms. The van der Waals surface area contributed by atoms with Gasteiger partial charge in [0.05, 0.1) is 12.7 Å². The van der Waals surface area contributed by atoms with Crippen LogP contribution in [0.1, 0.15) is 110 Å². The lowest BCUT2D eigenvalue weighted by atomic mass is 9.70. The van der Waals surface area contributed by atoms with Crippen molar-refractivity contribution >= 4 is 0 Å². The summed E-state index contributed by atoms with van der Waals surface area (Å²) in [5, 5.41) is 0. The molecular weight excluding hydrogens is 328 g/mol. The molecule has 2 aliphatic carbocycles. The Morgan fingerprint density at radius 3 is 2.00 bits per heavy atom. The van der Waals surface area contributed by atoms with Crippen LogP contribution in [0.15, 0.2) is 24.3 Å². The van der Waals surface area contributed by atoms with Crippen molar-refractivity contribution in [2.75, 3.05) is 6.61 Å². The van der Waals surface area contributed by atoms with Gasteiger partial charge >= 0.3 is 0 Å². The lowest BCUT2D eigenvalue weighted by Crippen LogP contribution is -2.28. The van der Waals surface area contributed by atoms with Crippen LogP contribution in [0.3, 0.4) is 0 Å². The minimum atomic E-state index is 0.514. The number of hydrogen-bond acceptors (Lipinski definition) is 1. The summed E-state index contributed by atoms with van der Waals surface area (Å²) in [5.41, 5.74) is 0. The summed E-state index contributed by atoms with van der Waals surface area (Å²) in [6.07, 6.45) is 30.4. The topological polar surface area (TPSA) is 9.23 Å². The number of rotatable bonds is 12. The Morgan fingerprint density at radius 2 is 1.33 bits per heavy atom. The van der Waals surface area contributed by atoms with E-state index in [-0.39, 0.29) is 0 Å². The molecule has 2 fully saturated rings. The molecule has 2 aliphatic rings. The fraction of sp³-hybridized carbons (Fsp3) is 0.846. The zero-order valence-corrected chi connectivity index (χ0v) is 18.3. The molecule has 0 unspecified atom stereocenters. The van der Waals surface area contributed by atoms with E-state index >= 15 is 0 Å². The lowest BCUT2D eigenvalue weighted by molar-refractivity contribution is 0.0210. The summed E-state index contributed by atoms with van der Waals surface area (Å²) in [5.74, 6) is 3.08. The smallest absolute Gasteiger partial charge is 0.0654 e. The van der Waals surface area contributed by atoms with Gasteiger partial charge in [-0.15, -0.1) is 0 Å². The van der Waals surface area contributed by atoms with E-state index in [2.05, 4.69) is 38.2 Å². The largest absolute Gasteiger partial charge is 0.374 e. The third kappa shape index (κ3) is 9.46. The van der Waals surface area contributed by atoms with Crippen LogP contribution in [0.5, 0.6) is 0 Å². The average Bonchev–Trinajstić information content (AvgIpc) is 2.71. The molecule has 0 aromatic carbocycles. The summed E-state index contributed by atoms with van der Waals surface area (Å²) in [6.45, 7) is 5.26. The number of unbranched alkanes of at least 4 members (excludes halogenated alkanes) is 4. The molecule has 2 saturated carbocycles. The zero-order valence-electron chi connectivity index (χ0n) is 18.3. The van der Waals surface area contributed by atoms with Crippen molar-refractivity contribution in [2.24, 2.45) is 17.8 Å². The van der Waals surface area contributed by atoms with E-state index in [0.717, 1.165) is 30.8 Å². The van der Waals surface area contributed by atoms with Crippen molar-refractivity contribution < 1.29 is 4.74 Å². The minimum Gasteiger partial charge on any atom is -0.374 e. The van der Waals surface area contributed by atoms with E-state index in [4.69, 9.17) is 4.74 Å². The monoisotopic (exact) mass is 374 g/mol. The molecule has 0 heterocycles. The van der Waals surface area contributed by atoms with E-state index in [9.17, 15) is 0 Å². The Kier molecular flexibility index (Phi) is 12.2. The summed E-state index contributed by atoms with van der Waals surface area (Å²) in [6, 6.07) is 0. The number of ether oxygens (including phenoxy) is 1. The van der Waals surface area contributed by atoms with Gasteiger partial charge in [0.25, 0.3) is 0 Å². The van der Waals surface area contributed by atoms with Gasteiger partial charge in [-0.25, -0.2) is 0 Å². The first kappa shape index (κ1) is 22.7. The van der Waals surface area contributed by atoms with Crippen LogP contribution in [-0.2, 0) is 4.74 Å². The molecule has 0 spiro atoms. The highest BCUT2D eigenvalue weighted by Crippen LogP contribution is 2.41. The Morgan fingerprint density at radius 1 is 0.704 bits per heavy atom. The molecule has 0 radical (unpaired) electrons. The average molecular weight is 375 g/mol. The fourth-order valence-electron chi connectivity index (χ4n) is 5.25. The standard InChI is InChI=1S/C26H46O/c1-3-5-7-9-11-13-23-14-16-24(17-15-23)25-18-20-26(21-19-25)27-22-12-10-8-6-4-2/h6,8,10,12,23-26H,3-5,7,9,11,13-22H2,1-2H3/b8-6+,12-10+. The summed E-state index contributed by atoms with van der Waals surface area (Å²) in [4.78, 5) is 0. The van der Waals surface area contributed by atoms with Gasteiger partial charge in [-0.1, -0.05) is 89.5 Å². The number of allylic oxidation sites excluding steroid dienone is 3. The quantitative estimate of drug-likeness (QED) is 0.247. The second-order valence-corrected chi connectivity index (χ2v) is 9.12. The molecule has 1 heteroatoms. The highest BCUT2D eigenvalue weighted by molar-refractivity contribution is 5.02. The maximum atomic E-state index is 6.07. The van der Waals surface area contributed by atoms with E-state index in [1.54, 1.807) is 0 Å². The minimum absolute atomic E-state index is 0.514. The molecule has 0 saturated heterocycles. The first-order valence-electron chi connectivity index (χ1n) is 12.3. The van der Waals surface area contributed by atoms with E-state index in [1.807, 2.05) is 0 Å². The van der Waals surface area contributed by atoms with Crippen LogP contribution in [0.2, 0.25) is 0 Å². The van der Waals surface area contributed by atoms with Crippen LogP contribution in [0, 0.1) is 17.8 Å². The Balaban J connectivity index is 1.53. The molecule has 2 rings (SSSR count). The van der Waals surface area contributed by atoms with Crippen molar-refractivity contribution in [2.45, 2.75) is 116 Å². The first-order chi connectivity index (χ1) is 13.3. The van der Waals surface area contributed by atoms with Crippen LogP contribution in [-0.4, -0.2) is 12.7 Å². The van der Waals surface area contributed by atoms with Gasteiger partial charge in [-0.2, -0.15) is 0 Å². The summed E-state index contributed by atoms with van der Waals surface area (Å²) >= 11 is 0. The molecule has 0 aliphatic heterocycles. The molecule has 0 amide bonds. The van der Waals surface area contributed by atoms with Gasteiger partial charge < -0.3 is 4.74 Å². The van der Waals surface area contributed by atoms with Gasteiger partial charge in [-0.05, 0) is 62.7 Å². The van der Waals surface area contributed by atoms with Crippen molar-refractivity contribution in [3.05, 3.63) is 24.3 Å². The maximum Gasteiger partial charge on any atom is 0.0654 e. The lowest BCUT2D eigenvalue weighted by Gasteiger charge is -2.37. The molecule has 0 N–H and O–H groups in total. The van der Waals surface area contributed by atoms with Gasteiger partial charge in [-0.3, -0.25) is 0 Å². The summed E-state index contributed by atoms with van der Waals surface area (Å²) < 4.78 is 6.07. The molecule has 27 heavy (non-hydrogen) atoms. The normalized spacial score (nSPS) is 29.7. The van der Waals surface area contributed by atoms with Crippen LogP contribution < -0.4 is 0 Å². The summed E-state index contributed by atoms with van der Waals surface area (Å²) in [7, 11) is 0. The fourth-order valence-corrected chi connectivity index (χ4v) is 5.25. The van der Waals surface area contributed by atoms with Crippen molar-refractivity contribution in [1.29, 1.82) is 0 Å². The second-order valence-electron chi connectivity index (χ2n) is 9.12. The molecular formula is C26H46O. The van der Waals surface area contributed by atoms with Crippen LogP contribution in [0.4, 0.5) is 0 Å². The Bertz CT molecular complexity index is 394. The van der Waals surface area contributed by atoms with E-state index in [1.165, 1.54) is 89.9 Å². The molecule has 0 atom stereocenters. The molecule has 1 nitrogen and oxygen atoms in total.